The van der Waals surface area contributed by atoms with Crippen LogP contribution in [-0.2, 0) is 0 Å². The highest BCUT2D eigenvalue weighted by atomic mass is 16.3. The first kappa shape index (κ1) is 13.7. The van der Waals surface area contributed by atoms with Crippen molar-refractivity contribution in [3.05, 3.63) is 12.3 Å². The lowest BCUT2D eigenvalue weighted by molar-refractivity contribution is 0.255. The van der Waals surface area contributed by atoms with Gasteiger partial charge in [-0.25, -0.2) is 4.98 Å². The molecule has 1 rings (SSSR count). The maximum Gasteiger partial charge on any atom is 0.224 e. The summed E-state index contributed by atoms with van der Waals surface area (Å²) in [5, 5.41) is 15.2. The molecule has 17 heavy (non-hydrogen) atoms. The van der Waals surface area contributed by atoms with Crippen molar-refractivity contribution in [1.29, 1.82) is 0 Å². The lowest BCUT2D eigenvalue weighted by Crippen LogP contribution is -2.16. The van der Waals surface area contributed by atoms with Gasteiger partial charge in [0.1, 0.15) is 5.82 Å². The van der Waals surface area contributed by atoms with Crippen molar-refractivity contribution in [2.45, 2.75) is 26.2 Å². The van der Waals surface area contributed by atoms with Crippen LogP contribution in [-0.4, -0.2) is 35.3 Å². The lowest BCUT2D eigenvalue weighted by atomic mass is 10.0. The van der Waals surface area contributed by atoms with Gasteiger partial charge in [-0.2, -0.15) is 4.98 Å². The van der Waals surface area contributed by atoms with Crippen molar-refractivity contribution < 1.29 is 5.11 Å². The van der Waals surface area contributed by atoms with Crippen molar-refractivity contribution in [2.24, 2.45) is 5.92 Å². The Balaban J connectivity index is 2.46. The van der Waals surface area contributed by atoms with Gasteiger partial charge in [-0.1, -0.05) is 13.3 Å². The molecule has 96 valence electrons. The second-order valence-corrected chi connectivity index (χ2v) is 4.06. The zero-order chi connectivity index (χ0) is 12.5. The lowest BCUT2D eigenvalue weighted by Gasteiger charge is -2.16. The molecule has 0 saturated carbocycles. The molecule has 3 N–H and O–H groups in total. The van der Waals surface area contributed by atoms with Gasteiger partial charge in [0.05, 0.1) is 0 Å². The van der Waals surface area contributed by atoms with Gasteiger partial charge in [-0.3, -0.25) is 0 Å². The van der Waals surface area contributed by atoms with Gasteiger partial charge in [0.25, 0.3) is 0 Å². The molecule has 0 aliphatic rings. The van der Waals surface area contributed by atoms with E-state index in [1.54, 1.807) is 13.2 Å². The maximum atomic E-state index is 8.98. The van der Waals surface area contributed by atoms with Gasteiger partial charge >= 0.3 is 0 Å². The Morgan fingerprint density at radius 1 is 1.41 bits per heavy atom. The standard InChI is InChI=1S/C12H22N4O/c1-3-4-10(6-8-17)9-15-11-5-7-14-12(13-2)16-11/h5,7,10,17H,3-4,6,8-9H2,1-2H3,(H2,13,14,15,16). The summed E-state index contributed by atoms with van der Waals surface area (Å²) in [7, 11) is 1.80. The molecule has 1 unspecified atom stereocenters. The minimum atomic E-state index is 0.248. The monoisotopic (exact) mass is 238 g/mol. The molecule has 0 saturated heterocycles. The van der Waals surface area contributed by atoms with Gasteiger partial charge in [-0.15, -0.1) is 0 Å². The first-order valence-electron chi connectivity index (χ1n) is 6.15. The van der Waals surface area contributed by atoms with Gasteiger partial charge in [0.2, 0.25) is 5.95 Å². The van der Waals surface area contributed by atoms with Crippen LogP contribution in [0.2, 0.25) is 0 Å². The molecule has 0 bridgehead atoms. The minimum Gasteiger partial charge on any atom is -0.396 e. The molecule has 0 radical (unpaired) electrons. The Labute approximate surface area is 103 Å². The topological polar surface area (TPSA) is 70.1 Å². The van der Waals surface area contributed by atoms with Crippen molar-refractivity contribution in [2.75, 3.05) is 30.8 Å². The average Bonchev–Trinajstić information content (AvgIpc) is 2.37. The number of anilines is 2. The van der Waals surface area contributed by atoms with Crippen molar-refractivity contribution >= 4 is 11.8 Å². The molecule has 5 heteroatoms. The number of nitrogens with one attached hydrogen (secondary N) is 2. The SMILES string of the molecule is CCCC(CCO)CNc1ccnc(NC)n1. The molecule has 0 aliphatic heterocycles. The summed E-state index contributed by atoms with van der Waals surface area (Å²) >= 11 is 0. The fourth-order valence-electron chi connectivity index (χ4n) is 1.77. The van der Waals surface area contributed by atoms with Crippen molar-refractivity contribution in [3.8, 4) is 0 Å². The van der Waals surface area contributed by atoms with E-state index in [0.717, 1.165) is 31.6 Å². The van der Waals surface area contributed by atoms with Crippen LogP contribution in [0.4, 0.5) is 11.8 Å². The highest BCUT2D eigenvalue weighted by molar-refractivity contribution is 5.39. The van der Waals surface area contributed by atoms with Gasteiger partial charge in [0.15, 0.2) is 0 Å². The summed E-state index contributed by atoms with van der Waals surface area (Å²) in [6, 6.07) is 1.85. The number of aliphatic hydroxyl groups excluding tert-OH is 1. The first-order chi connectivity index (χ1) is 8.30. The van der Waals surface area contributed by atoms with E-state index in [0.29, 0.717) is 11.9 Å². The summed E-state index contributed by atoms with van der Waals surface area (Å²) in [6.45, 7) is 3.25. The Morgan fingerprint density at radius 2 is 2.24 bits per heavy atom. The molecular weight excluding hydrogens is 216 g/mol. The van der Waals surface area contributed by atoms with Crippen LogP contribution in [0.5, 0.6) is 0 Å². The smallest absolute Gasteiger partial charge is 0.224 e. The summed E-state index contributed by atoms with van der Waals surface area (Å²) in [6.07, 6.45) is 4.82. The molecule has 1 atom stereocenters. The van der Waals surface area contributed by atoms with Crippen LogP contribution in [0.3, 0.4) is 0 Å². The van der Waals surface area contributed by atoms with Gasteiger partial charge in [0, 0.05) is 26.4 Å². The minimum absolute atomic E-state index is 0.248. The maximum absolute atomic E-state index is 8.98. The van der Waals surface area contributed by atoms with E-state index in [9.17, 15) is 0 Å². The zero-order valence-corrected chi connectivity index (χ0v) is 10.6. The summed E-state index contributed by atoms with van der Waals surface area (Å²) < 4.78 is 0. The molecule has 5 nitrogen and oxygen atoms in total. The molecule has 0 aliphatic carbocycles. The Morgan fingerprint density at radius 3 is 2.88 bits per heavy atom. The second-order valence-electron chi connectivity index (χ2n) is 4.06. The normalized spacial score (nSPS) is 12.2. The van der Waals surface area contributed by atoms with Crippen LogP contribution < -0.4 is 10.6 Å². The number of aromatic nitrogens is 2. The average molecular weight is 238 g/mol. The van der Waals surface area contributed by atoms with E-state index >= 15 is 0 Å². The molecule has 0 spiro atoms. The highest BCUT2D eigenvalue weighted by Gasteiger charge is 2.07. The number of hydrogen-bond donors (Lipinski definition) is 3. The van der Waals surface area contributed by atoms with E-state index in [-0.39, 0.29) is 6.61 Å². The van der Waals surface area contributed by atoms with Crippen LogP contribution >= 0.6 is 0 Å². The van der Waals surface area contributed by atoms with E-state index in [1.165, 1.54) is 0 Å². The van der Waals surface area contributed by atoms with Gasteiger partial charge in [-0.05, 0) is 24.8 Å². The highest BCUT2D eigenvalue weighted by Crippen LogP contribution is 2.12. The molecule has 0 amide bonds. The van der Waals surface area contributed by atoms with E-state index in [1.807, 2.05) is 6.07 Å². The predicted octanol–water partition coefficient (Wildman–Crippen LogP) is 1.73. The Hall–Kier alpha value is -1.36. The number of aliphatic hydroxyl groups is 1. The number of rotatable bonds is 8. The van der Waals surface area contributed by atoms with Crippen LogP contribution in [0.15, 0.2) is 12.3 Å². The number of nitrogens with zero attached hydrogens (tertiary/aromatic N) is 2. The fourth-order valence-corrected chi connectivity index (χ4v) is 1.77. The third-order valence-electron chi connectivity index (χ3n) is 2.69. The third-order valence-corrected chi connectivity index (χ3v) is 2.69. The predicted molar refractivity (Wildman–Crippen MR) is 70.2 cm³/mol. The van der Waals surface area contributed by atoms with Crippen molar-refractivity contribution in [3.63, 3.8) is 0 Å². The van der Waals surface area contributed by atoms with E-state index in [2.05, 4.69) is 27.5 Å². The second kappa shape index (κ2) is 7.84. The Kier molecular flexibility index (Phi) is 6.32. The third kappa shape index (κ3) is 4.99. The molecular formula is C12H22N4O. The van der Waals surface area contributed by atoms with Crippen molar-refractivity contribution in [1.82, 2.24) is 9.97 Å². The largest absolute Gasteiger partial charge is 0.396 e. The molecule has 0 aromatic carbocycles. The van der Waals surface area contributed by atoms with Crippen LogP contribution in [0.25, 0.3) is 0 Å². The van der Waals surface area contributed by atoms with E-state index in [4.69, 9.17) is 5.11 Å². The molecule has 0 fully saturated rings. The van der Waals surface area contributed by atoms with E-state index < -0.39 is 0 Å². The van der Waals surface area contributed by atoms with Crippen LogP contribution in [0, 0.1) is 5.92 Å². The zero-order valence-electron chi connectivity index (χ0n) is 10.6. The quantitative estimate of drug-likeness (QED) is 0.643. The Bertz CT molecular complexity index is 313. The van der Waals surface area contributed by atoms with Gasteiger partial charge < -0.3 is 15.7 Å². The first-order valence-corrected chi connectivity index (χ1v) is 6.15. The number of hydrogen-bond acceptors (Lipinski definition) is 5. The van der Waals surface area contributed by atoms with Crippen LogP contribution in [0.1, 0.15) is 26.2 Å². The fraction of sp³-hybridized carbons (Fsp3) is 0.667. The summed E-state index contributed by atoms with van der Waals surface area (Å²) in [4.78, 5) is 8.34. The molecule has 1 heterocycles. The molecule has 1 aromatic heterocycles. The summed E-state index contributed by atoms with van der Waals surface area (Å²) in [5.74, 6) is 1.94. The summed E-state index contributed by atoms with van der Waals surface area (Å²) in [5.41, 5.74) is 0. The molecule has 1 aromatic rings.